The first-order valence-corrected chi connectivity index (χ1v) is 8.43. The summed E-state index contributed by atoms with van der Waals surface area (Å²) in [5, 5.41) is 12.0. The first kappa shape index (κ1) is 18.3. The quantitative estimate of drug-likeness (QED) is 0.835. The average Bonchev–Trinajstić information content (AvgIpc) is 2.78. The minimum atomic E-state index is -0.848. The van der Waals surface area contributed by atoms with E-state index in [2.05, 4.69) is 12.2 Å². The molecule has 6 nitrogen and oxygen atoms in total. The lowest BCUT2D eigenvalue weighted by Gasteiger charge is -2.26. The summed E-state index contributed by atoms with van der Waals surface area (Å²) in [6.45, 7) is 4.47. The Labute approximate surface area is 142 Å². The van der Waals surface area contributed by atoms with Gasteiger partial charge in [-0.25, -0.2) is 4.79 Å². The first-order chi connectivity index (χ1) is 11.5. The summed E-state index contributed by atoms with van der Waals surface area (Å²) in [6.07, 6.45) is 1.08. The van der Waals surface area contributed by atoms with Gasteiger partial charge in [0.1, 0.15) is 0 Å². The van der Waals surface area contributed by atoms with Crippen LogP contribution in [0.25, 0.3) is 0 Å². The van der Waals surface area contributed by atoms with Crippen molar-refractivity contribution in [3.05, 3.63) is 35.9 Å². The van der Waals surface area contributed by atoms with Crippen molar-refractivity contribution >= 4 is 12.0 Å². The van der Waals surface area contributed by atoms with Gasteiger partial charge in [0.15, 0.2) is 0 Å². The third kappa shape index (κ3) is 6.20. The van der Waals surface area contributed by atoms with Crippen LogP contribution < -0.4 is 5.32 Å². The van der Waals surface area contributed by atoms with E-state index in [1.54, 1.807) is 4.90 Å². The van der Waals surface area contributed by atoms with Crippen LogP contribution in [-0.2, 0) is 16.0 Å². The average molecular weight is 334 g/mol. The van der Waals surface area contributed by atoms with Crippen LogP contribution in [0.3, 0.4) is 0 Å². The number of amides is 2. The standard InChI is InChI=1S/C18H26N2O4/c1-14-12-20(9-10-24-13-14)18(23)19-16(7-8-17(21)22)11-15-5-3-2-4-6-15/h2-6,14,16H,7-13H2,1H3,(H,19,23)(H,21,22). The Morgan fingerprint density at radius 2 is 2.12 bits per heavy atom. The van der Waals surface area contributed by atoms with Crippen molar-refractivity contribution in [3.63, 3.8) is 0 Å². The Kier molecular flexibility index (Phi) is 7.06. The Morgan fingerprint density at radius 1 is 1.38 bits per heavy atom. The molecule has 1 fully saturated rings. The number of hydrogen-bond donors (Lipinski definition) is 2. The first-order valence-electron chi connectivity index (χ1n) is 8.43. The highest BCUT2D eigenvalue weighted by molar-refractivity contribution is 5.74. The molecule has 0 radical (unpaired) electrons. The summed E-state index contributed by atoms with van der Waals surface area (Å²) in [7, 11) is 0. The molecule has 2 amide bonds. The molecule has 0 spiro atoms. The largest absolute Gasteiger partial charge is 0.481 e. The van der Waals surface area contributed by atoms with Crippen LogP contribution in [-0.4, -0.2) is 54.4 Å². The summed E-state index contributed by atoms with van der Waals surface area (Å²) >= 11 is 0. The second-order valence-corrected chi connectivity index (χ2v) is 6.39. The monoisotopic (exact) mass is 334 g/mol. The number of nitrogens with one attached hydrogen (secondary N) is 1. The highest BCUT2D eigenvalue weighted by Gasteiger charge is 2.22. The Morgan fingerprint density at radius 3 is 2.83 bits per heavy atom. The summed E-state index contributed by atoms with van der Waals surface area (Å²) < 4.78 is 5.47. The van der Waals surface area contributed by atoms with Crippen LogP contribution in [0.1, 0.15) is 25.3 Å². The second kappa shape index (κ2) is 9.27. The Balaban J connectivity index is 1.97. The van der Waals surface area contributed by atoms with Gasteiger partial charge in [-0.2, -0.15) is 0 Å². The van der Waals surface area contributed by atoms with Crippen molar-refractivity contribution in [3.8, 4) is 0 Å². The Hall–Kier alpha value is -2.08. The number of aliphatic carboxylic acids is 1. The number of carboxylic acids is 1. The lowest BCUT2D eigenvalue weighted by molar-refractivity contribution is -0.137. The molecule has 132 valence electrons. The zero-order valence-corrected chi connectivity index (χ0v) is 14.1. The van der Waals surface area contributed by atoms with Crippen molar-refractivity contribution in [1.29, 1.82) is 0 Å². The number of benzene rings is 1. The summed E-state index contributed by atoms with van der Waals surface area (Å²) in [6, 6.07) is 9.46. The molecule has 2 N–H and O–H groups in total. The highest BCUT2D eigenvalue weighted by Crippen LogP contribution is 2.11. The minimum Gasteiger partial charge on any atom is -0.481 e. The molecule has 0 bridgehead atoms. The topological polar surface area (TPSA) is 78.9 Å². The molecule has 2 atom stereocenters. The fourth-order valence-corrected chi connectivity index (χ4v) is 2.85. The molecule has 1 aliphatic heterocycles. The molecule has 0 aliphatic carbocycles. The van der Waals surface area contributed by atoms with Crippen molar-refractivity contribution in [1.82, 2.24) is 10.2 Å². The maximum atomic E-state index is 12.6. The minimum absolute atomic E-state index is 0.0390. The molecule has 2 unspecified atom stereocenters. The number of urea groups is 1. The van der Waals surface area contributed by atoms with Crippen molar-refractivity contribution in [2.75, 3.05) is 26.3 Å². The van der Waals surface area contributed by atoms with Gasteiger partial charge >= 0.3 is 12.0 Å². The molecule has 0 saturated carbocycles. The Bertz CT molecular complexity index is 535. The van der Waals surface area contributed by atoms with Gasteiger partial charge in [-0.1, -0.05) is 37.3 Å². The normalized spacial score (nSPS) is 19.4. The molecule has 1 saturated heterocycles. The molecule has 2 rings (SSSR count). The van der Waals surface area contributed by atoms with E-state index in [1.165, 1.54) is 0 Å². The van der Waals surface area contributed by atoms with Crippen LogP contribution in [0, 0.1) is 5.92 Å². The van der Waals surface area contributed by atoms with Gasteiger partial charge < -0.3 is 20.1 Å². The molecular formula is C18H26N2O4. The summed E-state index contributed by atoms with van der Waals surface area (Å²) in [5.41, 5.74) is 1.08. The number of carbonyl (C=O) groups is 2. The number of nitrogens with zero attached hydrogens (tertiary/aromatic N) is 1. The molecule has 24 heavy (non-hydrogen) atoms. The van der Waals surface area contributed by atoms with E-state index in [-0.39, 0.29) is 18.5 Å². The van der Waals surface area contributed by atoms with Gasteiger partial charge in [0.2, 0.25) is 0 Å². The molecule has 1 aromatic carbocycles. The van der Waals surface area contributed by atoms with Crippen molar-refractivity contribution < 1.29 is 19.4 Å². The third-order valence-electron chi connectivity index (χ3n) is 4.09. The van der Waals surface area contributed by atoms with Gasteiger partial charge in [-0.3, -0.25) is 4.79 Å². The van der Waals surface area contributed by atoms with Crippen LogP contribution >= 0.6 is 0 Å². The van der Waals surface area contributed by atoms with E-state index < -0.39 is 5.97 Å². The van der Waals surface area contributed by atoms with Gasteiger partial charge in [0.25, 0.3) is 0 Å². The number of carboxylic acid groups (broad SMARTS) is 1. The zero-order valence-electron chi connectivity index (χ0n) is 14.1. The van der Waals surface area contributed by atoms with Gasteiger partial charge in [-0.15, -0.1) is 0 Å². The molecule has 1 aromatic rings. The van der Waals surface area contributed by atoms with E-state index in [4.69, 9.17) is 9.84 Å². The van der Waals surface area contributed by atoms with Gasteiger partial charge in [0, 0.05) is 25.6 Å². The zero-order chi connectivity index (χ0) is 17.4. The fraction of sp³-hybridized carbons (Fsp3) is 0.556. The molecule has 1 aliphatic rings. The lowest BCUT2D eigenvalue weighted by atomic mass is 10.0. The predicted molar refractivity (Wildman–Crippen MR) is 90.9 cm³/mol. The lowest BCUT2D eigenvalue weighted by Crippen LogP contribution is -2.47. The molecular weight excluding hydrogens is 308 g/mol. The van der Waals surface area contributed by atoms with E-state index >= 15 is 0 Å². The SMILES string of the molecule is CC1COCCN(C(=O)NC(CCC(=O)O)Cc2ccccc2)C1. The fourth-order valence-electron chi connectivity index (χ4n) is 2.85. The van der Waals surface area contributed by atoms with Gasteiger partial charge in [0.05, 0.1) is 13.2 Å². The second-order valence-electron chi connectivity index (χ2n) is 6.39. The summed E-state index contributed by atoms with van der Waals surface area (Å²) in [5.74, 6) is -0.552. The van der Waals surface area contributed by atoms with Crippen LogP contribution in [0.2, 0.25) is 0 Å². The number of carbonyl (C=O) groups excluding carboxylic acids is 1. The van der Waals surface area contributed by atoms with E-state index in [9.17, 15) is 9.59 Å². The molecule has 6 heteroatoms. The number of rotatable bonds is 6. The smallest absolute Gasteiger partial charge is 0.317 e. The van der Waals surface area contributed by atoms with Crippen molar-refractivity contribution in [2.45, 2.75) is 32.2 Å². The van der Waals surface area contributed by atoms with Crippen LogP contribution in [0.15, 0.2) is 30.3 Å². The van der Waals surface area contributed by atoms with Crippen molar-refractivity contribution in [2.24, 2.45) is 5.92 Å². The van der Waals surface area contributed by atoms with Gasteiger partial charge in [-0.05, 0) is 24.3 Å². The van der Waals surface area contributed by atoms with E-state index in [0.29, 0.717) is 45.1 Å². The van der Waals surface area contributed by atoms with E-state index in [0.717, 1.165) is 5.56 Å². The predicted octanol–water partition coefficient (Wildman–Crippen LogP) is 2.14. The summed E-state index contributed by atoms with van der Waals surface area (Å²) in [4.78, 5) is 25.2. The molecule has 1 heterocycles. The number of hydrogen-bond acceptors (Lipinski definition) is 3. The van der Waals surface area contributed by atoms with E-state index in [1.807, 2.05) is 30.3 Å². The maximum absolute atomic E-state index is 12.6. The number of ether oxygens (including phenoxy) is 1. The highest BCUT2D eigenvalue weighted by atomic mass is 16.5. The maximum Gasteiger partial charge on any atom is 0.317 e. The van der Waals surface area contributed by atoms with Crippen LogP contribution in [0.4, 0.5) is 4.79 Å². The third-order valence-corrected chi connectivity index (χ3v) is 4.09. The molecule has 0 aromatic heterocycles. The van der Waals surface area contributed by atoms with Crippen LogP contribution in [0.5, 0.6) is 0 Å².